The number of thiazole rings is 1. The van der Waals surface area contributed by atoms with Crippen molar-refractivity contribution in [2.24, 2.45) is 0 Å². The second-order valence-corrected chi connectivity index (χ2v) is 7.40. The van der Waals surface area contributed by atoms with Gasteiger partial charge in [0.2, 0.25) is 0 Å². The van der Waals surface area contributed by atoms with Crippen molar-refractivity contribution < 1.29 is 40.3 Å². The van der Waals surface area contributed by atoms with Gasteiger partial charge in [-0.05, 0) is 48.4 Å². The number of halogens is 7. The fourth-order valence-electron chi connectivity index (χ4n) is 2.68. The quantitative estimate of drug-likeness (QED) is 0.453. The Morgan fingerprint density at radius 3 is 2.34 bits per heavy atom. The van der Waals surface area contributed by atoms with Crippen molar-refractivity contribution in [1.82, 2.24) is 10.3 Å². The lowest BCUT2D eigenvalue weighted by molar-refractivity contribution is -0.274. The fraction of sp³-hybridized carbons (Fsp3) is 0.200. The van der Waals surface area contributed by atoms with Crippen LogP contribution in [0, 0.1) is 5.82 Å². The fourth-order valence-corrected chi connectivity index (χ4v) is 3.69. The summed E-state index contributed by atoms with van der Waals surface area (Å²) in [4.78, 5) is 15.2. The molecule has 0 radical (unpaired) electrons. The summed E-state index contributed by atoms with van der Waals surface area (Å²) < 4.78 is 93.9. The highest BCUT2D eigenvalue weighted by molar-refractivity contribution is 7.17. The molecule has 32 heavy (non-hydrogen) atoms. The van der Waals surface area contributed by atoms with E-state index in [0.29, 0.717) is 16.9 Å². The van der Waals surface area contributed by atoms with E-state index in [4.69, 9.17) is 0 Å². The zero-order valence-electron chi connectivity index (χ0n) is 15.9. The maximum absolute atomic E-state index is 13.4. The van der Waals surface area contributed by atoms with Gasteiger partial charge in [0.15, 0.2) is 5.69 Å². The zero-order valence-corrected chi connectivity index (χ0v) is 16.7. The number of alkyl halides is 6. The summed E-state index contributed by atoms with van der Waals surface area (Å²) in [6.45, 7) is -0.143. The molecule has 0 aliphatic rings. The Hall–Kier alpha value is -3.15. The first-order chi connectivity index (χ1) is 14.9. The van der Waals surface area contributed by atoms with E-state index in [-0.39, 0.29) is 23.5 Å². The van der Waals surface area contributed by atoms with Crippen molar-refractivity contribution in [2.75, 3.05) is 6.54 Å². The molecule has 1 aromatic heterocycles. The van der Waals surface area contributed by atoms with Gasteiger partial charge in [0.1, 0.15) is 21.5 Å². The van der Waals surface area contributed by atoms with Gasteiger partial charge in [0.25, 0.3) is 5.91 Å². The lowest BCUT2D eigenvalue weighted by Crippen LogP contribution is -2.27. The number of carbonyl (C=O) groups is 1. The van der Waals surface area contributed by atoms with E-state index in [9.17, 15) is 35.5 Å². The number of ether oxygens (including phenoxy) is 1. The van der Waals surface area contributed by atoms with E-state index in [2.05, 4.69) is 15.0 Å². The maximum Gasteiger partial charge on any atom is 0.573 e. The number of benzene rings is 2. The minimum Gasteiger partial charge on any atom is -0.406 e. The predicted molar refractivity (Wildman–Crippen MR) is 102 cm³/mol. The molecule has 3 rings (SSSR count). The molecule has 0 saturated carbocycles. The SMILES string of the molecule is O=C(NCCc1cccc(OC(F)(F)F)c1)c1sc(-c2ccc(F)cc2)nc1C(F)(F)F. The molecule has 1 amide bonds. The molecule has 12 heteroatoms. The van der Waals surface area contributed by atoms with Crippen molar-refractivity contribution in [3.8, 4) is 16.3 Å². The lowest BCUT2D eigenvalue weighted by Gasteiger charge is -2.10. The third-order valence-electron chi connectivity index (χ3n) is 4.02. The van der Waals surface area contributed by atoms with E-state index in [1.165, 1.54) is 24.3 Å². The monoisotopic (exact) mass is 478 g/mol. The van der Waals surface area contributed by atoms with Crippen LogP contribution in [0.4, 0.5) is 30.7 Å². The first kappa shape index (κ1) is 23.5. The van der Waals surface area contributed by atoms with Gasteiger partial charge in [-0.2, -0.15) is 13.2 Å². The molecule has 3 aromatic rings. The number of rotatable bonds is 6. The number of hydrogen-bond donors (Lipinski definition) is 1. The average Bonchev–Trinajstić information content (AvgIpc) is 3.13. The third kappa shape index (κ3) is 6.19. The molecule has 1 N–H and O–H groups in total. The molecule has 0 bridgehead atoms. The molecule has 0 aliphatic heterocycles. The number of nitrogens with zero attached hydrogens (tertiary/aromatic N) is 1. The van der Waals surface area contributed by atoms with Crippen molar-refractivity contribution in [3.05, 3.63) is 70.5 Å². The Bertz CT molecular complexity index is 1090. The van der Waals surface area contributed by atoms with Crippen LogP contribution < -0.4 is 10.1 Å². The standard InChI is InChI=1S/C20H13F7N2O2S/c21-13-6-4-12(5-7-13)18-29-16(19(22,23)24)15(32-18)17(30)28-9-8-11-2-1-3-14(10-11)31-20(25,26)27/h1-7,10H,8-9H2,(H,28,30). The van der Waals surface area contributed by atoms with Gasteiger partial charge in [-0.15, -0.1) is 24.5 Å². The summed E-state index contributed by atoms with van der Waals surface area (Å²) in [6, 6.07) is 9.60. The molecule has 0 atom stereocenters. The predicted octanol–water partition coefficient (Wildman–Crippen LogP) is 5.84. The van der Waals surface area contributed by atoms with Crippen LogP contribution in [0.3, 0.4) is 0 Å². The molecule has 2 aromatic carbocycles. The largest absolute Gasteiger partial charge is 0.573 e. The van der Waals surface area contributed by atoms with Gasteiger partial charge in [-0.3, -0.25) is 4.79 Å². The summed E-state index contributed by atoms with van der Waals surface area (Å²) in [5.74, 6) is -2.07. The number of hydrogen-bond acceptors (Lipinski definition) is 4. The van der Waals surface area contributed by atoms with Crippen LogP contribution in [0.1, 0.15) is 20.9 Å². The smallest absolute Gasteiger partial charge is 0.406 e. The maximum atomic E-state index is 13.4. The first-order valence-electron chi connectivity index (χ1n) is 8.89. The summed E-state index contributed by atoms with van der Waals surface area (Å²) in [6.07, 6.45) is -9.72. The molecule has 0 spiro atoms. The highest BCUT2D eigenvalue weighted by Gasteiger charge is 2.39. The molecule has 0 aliphatic carbocycles. The van der Waals surface area contributed by atoms with E-state index < -0.39 is 40.6 Å². The van der Waals surface area contributed by atoms with Gasteiger partial charge >= 0.3 is 12.5 Å². The van der Waals surface area contributed by atoms with Crippen LogP contribution in [0.15, 0.2) is 48.5 Å². The Morgan fingerprint density at radius 2 is 1.72 bits per heavy atom. The van der Waals surface area contributed by atoms with Crippen molar-refractivity contribution >= 4 is 17.2 Å². The van der Waals surface area contributed by atoms with Crippen LogP contribution in [-0.4, -0.2) is 23.8 Å². The molecule has 0 unspecified atom stereocenters. The normalized spacial score (nSPS) is 12.0. The molecule has 0 fully saturated rings. The Kier molecular flexibility index (Phi) is 6.72. The highest BCUT2D eigenvalue weighted by Crippen LogP contribution is 2.37. The summed E-state index contributed by atoms with van der Waals surface area (Å²) >= 11 is 0.498. The van der Waals surface area contributed by atoms with E-state index in [0.717, 1.165) is 24.3 Å². The van der Waals surface area contributed by atoms with Crippen molar-refractivity contribution in [1.29, 1.82) is 0 Å². The minimum absolute atomic E-state index is 0.0474. The molecule has 4 nitrogen and oxygen atoms in total. The van der Waals surface area contributed by atoms with Crippen LogP contribution in [0.2, 0.25) is 0 Å². The first-order valence-corrected chi connectivity index (χ1v) is 9.71. The van der Waals surface area contributed by atoms with E-state index in [1.54, 1.807) is 0 Å². The van der Waals surface area contributed by atoms with Crippen molar-refractivity contribution in [2.45, 2.75) is 19.0 Å². The Balaban J connectivity index is 1.72. The van der Waals surface area contributed by atoms with Gasteiger partial charge in [0, 0.05) is 12.1 Å². The third-order valence-corrected chi connectivity index (χ3v) is 5.13. The second kappa shape index (κ2) is 9.15. The van der Waals surface area contributed by atoms with Gasteiger partial charge < -0.3 is 10.1 Å². The average molecular weight is 478 g/mol. The second-order valence-electron chi connectivity index (χ2n) is 6.40. The summed E-state index contributed by atoms with van der Waals surface area (Å²) in [5, 5.41) is 2.20. The van der Waals surface area contributed by atoms with Crippen LogP contribution in [-0.2, 0) is 12.6 Å². The lowest BCUT2D eigenvalue weighted by atomic mass is 10.1. The van der Waals surface area contributed by atoms with Crippen molar-refractivity contribution in [3.63, 3.8) is 0 Å². The number of amides is 1. The number of carbonyl (C=O) groups excluding carboxylic acids is 1. The molecular weight excluding hydrogens is 465 g/mol. The topological polar surface area (TPSA) is 51.2 Å². The molecule has 1 heterocycles. The Labute approximate surface area is 180 Å². The van der Waals surface area contributed by atoms with Gasteiger partial charge in [0.05, 0.1) is 0 Å². The van der Waals surface area contributed by atoms with Crippen LogP contribution in [0.25, 0.3) is 10.6 Å². The highest BCUT2D eigenvalue weighted by atomic mass is 32.1. The minimum atomic E-state index is -4.90. The number of nitrogens with one attached hydrogen (secondary N) is 1. The van der Waals surface area contributed by atoms with Crippen LogP contribution in [0.5, 0.6) is 5.75 Å². The molecule has 0 saturated heterocycles. The Morgan fingerprint density at radius 1 is 1.03 bits per heavy atom. The molecule has 170 valence electrons. The summed E-state index contributed by atoms with van der Waals surface area (Å²) in [7, 11) is 0. The number of aromatic nitrogens is 1. The van der Waals surface area contributed by atoms with Gasteiger partial charge in [-0.1, -0.05) is 12.1 Å². The zero-order chi connectivity index (χ0) is 23.5. The van der Waals surface area contributed by atoms with E-state index in [1.807, 2.05) is 0 Å². The molecular formula is C20H13F7N2O2S. The van der Waals surface area contributed by atoms with Crippen LogP contribution >= 0.6 is 11.3 Å². The summed E-state index contributed by atoms with van der Waals surface area (Å²) in [5.41, 5.74) is -0.790. The van der Waals surface area contributed by atoms with E-state index >= 15 is 0 Å². The van der Waals surface area contributed by atoms with Gasteiger partial charge in [-0.25, -0.2) is 9.37 Å².